The van der Waals surface area contributed by atoms with Crippen LogP contribution in [0.5, 0.6) is 0 Å². The lowest BCUT2D eigenvalue weighted by atomic mass is 9.73. The molecule has 2 aliphatic carbocycles. The average molecular weight is 286 g/mol. The summed E-state index contributed by atoms with van der Waals surface area (Å²) in [6.07, 6.45) is 2.71. The zero-order chi connectivity index (χ0) is 14.7. The quantitative estimate of drug-likeness (QED) is 0.803. The summed E-state index contributed by atoms with van der Waals surface area (Å²) in [5, 5.41) is 20.3. The third kappa shape index (κ3) is 3.39. The van der Waals surface area contributed by atoms with Crippen LogP contribution in [0.2, 0.25) is 0 Å². The lowest BCUT2D eigenvalue weighted by Gasteiger charge is -2.37. The summed E-state index contributed by atoms with van der Waals surface area (Å²) in [6, 6.07) is 0. The van der Waals surface area contributed by atoms with Gasteiger partial charge in [0.1, 0.15) is 5.78 Å². The van der Waals surface area contributed by atoms with E-state index in [9.17, 15) is 15.0 Å². The number of methoxy groups -OCH3 is 2. The Hall–Kier alpha value is -0.490. The van der Waals surface area contributed by atoms with Gasteiger partial charge >= 0.3 is 0 Å². The molecule has 6 atom stereocenters. The fourth-order valence-corrected chi connectivity index (χ4v) is 3.59. The summed E-state index contributed by atoms with van der Waals surface area (Å²) in [7, 11) is 3.27. The molecule has 20 heavy (non-hydrogen) atoms. The van der Waals surface area contributed by atoms with Crippen molar-refractivity contribution in [2.45, 2.75) is 62.9 Å². The summed E-state index contributed by atoms with van der Waals surface area (Å²) < 4.78 is 10.5. The molecule has 0 aromatic heterocycles. The van der Waals surface area contributed by atoms with E-state index in [1.807, 2.05) is 0 Å². The molecule has 2 rings (SSSR count). The Balaban J connectivity index is 1.94. The maximum atomic E-state index is 12.6. The Morgan fingerprint density at radius 1 is 0.850 bits per heavy atom. The first-order valence-corrected chi connectivity index (χ1v) is 7.52. The van der Waals surface area contributed by atoms with Crippen LogP contribution in [0.25, 0.3) is 0 Å². The van der Waals surface area contributed by atoms with Gasteiger partial charge in [-0.3, -0.25) is 4.79 Å². The molecule has 0 aromatic carbocycles. The lowest BCUT2D eigenvalue weighted by molar-refractivity contribution is -0.141. The number of hydrogen-bond donors (Lipinski definition) is 2. The summed E-state index contributed by atoms with van der Waals surface area (Å²) in [5.74, 6) is -0.672. The zero-order valence-corrected chi connectivity index (χ0v) is 12.3. The molecular formula is C15H26O5. The van der Waals surface area contributed by atoms with Crippen molar-refractivity contribution in [2.75, 3.05) is 14.2 Å². The minimum absolute atomic E-state index is 0.0223. The molecule has 0 spiro atoms. The van der Waals surface area contributed by atoms with E-state index in [0.717, 1.165) is 12.8 Å². The summed E-state index contributed by atoms with van der Waals surface area (Å²) in [4.78, 5) is 12.6. The average Bonchev–Trinajstić information content (AvgIpc) is 2.46. The van der Waals surface area contributed by atoms with Crippen LogP contribution in [0.15, 0.2) is 0 Å². The molecule has 5 heteroatoms. The van der Waals surface area contributed by atoms with Gasteiger partial charge in [-0.2, -0.15) is 0 Å². The first-order chi connectivity index (χ1) is 9.56. The fourth-order valence-electron chi connectivity index (χ4n) is 3.59. The van der Waals surface area contributed by atoms with Crippen molar-refractivity contribution in [1.82, 2.24) is 0 Å². The third-order valence-electron chi connectivity index (χ3n) is 4.93. The van der Waals surface area contributed by atoms with Crippen LogP contribution in [0.4, 0.5) is 0 Å². The molecule has 0 saturated heterocycles. The van der Waals surface area contributed by atoms with Gasteiger partial charge in [-0.25, -0.2) is 0 Å². The minimum atomic E-state index is -0.645. The molecule has 5 nitrogen and oxygen atoms in total. The van der Waals surface area contributed by atoms with Gasteiger partial charge < -0.3 is 19.7 Å². The van der Waals surface area contributed by atoms with E-state index in [4.69, 9.17) is 9.47 Å². The first kappa shape index (κ1) is 15.9. The molecule has 0 aliphatic heterocycles. The first-order valence-electron chi connectivity index (χ1n) is 7.52. The monoisotopic (exact) mass is 286 g/mol. The predicted molar refractivity (Wildman–Crippen MR) is 73.3 cm³/mol. The van der Waals surface area contributed by atoms with Crippen LogP contribution in [-0.2, 0) is 14.3 Å². The van der Waals surface area contributed by atoms with Crippen molar-refractivity contribution >= 4 is 5.78 Å². The topological polar surface area (TPSA) is 76.0 Å². The Morgan fingerprint density at radius 3 is 1.55 bits per heavy atom. The van der Waals surface area contributed by atoms with Crippen LogP contribution in [0, 0.1) is 11.8 Å². The van der Waals surface area contributed by atoms with Crippen LogP contribution in [0.1, 0.15) is 38.5 Å². The Labute approximate surface area is 120 Å². The maximum absolute atomic E-state index is 12.6. The number of aliphatic hydroxyl groups excluding tert-OH is 2. The van der Waals surface area contributed by atoms with Crippen molar-refractivity contribution in [3.05, 3.63) is 0 Å². The Bertz CT molecular complexity index is 302. The fraction of sp³-hybridized carbons (Fsp3) is 0.933. The highest BCUT2D eigenvalue weighted by Crippen LogP contribution is 2.34. The zero-order valence-electron chi connectivity index (χ0n) is 12.3. The SMILES string of the molecule is COC1CCC(C(=O)C2CCC(OC)CC2O)C(O)C1. The molecule has 2 fully saturated rings. The van der Waals surface area contributed by atoms with Gasteiger partial charge in [-0.1, -0.05) is 0 Å². The Morgan fingerprint density at radius 2 is 1.25 bits per heavy atom. The third-order valence-corrected chi connectivity index (χ3v) is 4.93. The highest BCUT2D eigenvalue weighted by atomic mass is 16.5. The van der Waals surface area contributed by atoms with E-state index < -0.39 is 12.2 Å². The largest absolute Gasteiger partial charge is 0.392 e. The van der Waals surface area contributed by atoms with Gasteiger partial charge in [0.25, 0.3) is 0 Å². The predicted octanol–water partition coefficient (Wildman–Crippen LogP) is 0.907. The number of Topliss-reactive ketones (excluding diaryl/α,β-unsaturated/α-hetero) is 1. The number of ketones is 1. The minimum Gasteiger partial charge on any atom is -0.392 e. The number of aliphatic hydroxyl groups is 2. The van der Waals surface area contributed by atoms with E-state index in [-0.39, 0.29) is 29.8 Å². The molecule has 6 unspecified atom stereocenters. The van der Waals surface area contributed by atoms with Gasteiger partial charge in [-0.15, -0.1) is 0 Å². The molecular weight excluding hydrogens is 260 g/mol. The number of carbonyl (C=O) groups excluding carboxylic acids is 1. The molecule has 0 aromatic rings. The molecule has 0 amide bonds. The number of rotatable bonds is 4. The van der Waals surface area contributed by atoms with Crippen molar-refractivity contribution < 1.29 is 24.5 Å². The summed E-state index contributed by atoms with van der Waals surface area (Å²) in [6.45, 7) is 0. The molecule has 2 N–H and O–H groups in total. The van der Waals surface area contributed by atoms with E-state index in [1.54, 1.807) is 14.2 Å². The van der Waals surface area contributed by atoms with Crippen molar-refractivity contribution in [2.24, 2.45) is 11.8 Å². The van der Waals surface area contributed by atoms with Gasteiger partial charge in [-0.05, 0) is 25.7 Å². The summed E-state index contributed by atoms with van der Waals surface area (Å²) in [5.41, 5.74) is 0. The van der Waals surface area contributed by atoms with E-state index in [2.05, 4.69) is 0 Å². The van der Waals surface area contributed by atoms with E-state index in [0.29, 0.717) is 25.7 Å². The van der Waals surface area contributed by atoms with Crippen LogP contribution in [-0.4, -0.2) is 54.6 Å². The van der Waals surface area contributed by atoms with Gasteiger partial charge in [0.2, 0.25) is 0 Å². The van der Waals surface area contributed by atoms with Crippen molar-refractivity contribution in [1.29, 1.82) is 0 Å². The van der Waals surface area contributed by atoms with E-state index in [1.165, 1.54) is 0 Å². The van der Waals surface area contributed by atoms with Crippen molar-refractivity contribution in [3.63, 3.8) is 0 Å². The van der Waals surface area contributed by atoms with Crippen LogP contribution < -0.4 is 0 Å². The van der Waals surface area contributed by atoms with Crippen LogP contribution in [0.3, 0.4) is 0 Å². The molecule has 116 valence electrons. The normalized spacial score (nSPS) is 42.4. The van der Waals surface area contributed by atoms with E-state index >= 15 is 0 Å². The molecule has 0 bridgehead atoms. The highest BCUT2D eigenvalue weighted by molar-refractivity contribution is 5.84. The van der Waals surface area contributed by atoms with Crippen molar-refractivity contribution in [3.8, 4) is 0 Å². The molecule has 2 aliphatic rings. The number of ether oxygens (including phenoxy) is 2. The van der Waals surface area contributed by atoms with Crippen LogP contribution >= 0.6 is 0 Å². The smallest absolute Gasteiger partial charge is 0.144 e. The lowest BCUT2D eigenvalue weighted by Crippen LogP contribution is -2.45. The molecule has 0 heterocycles. The highest BCUT2D eigenvalue weighted by Gasteiger charge is 2.41. The molecule has 0 radical (unpaired) electrons. The summed E-state index contributed by atoms with van der Waals surface area (Å²) >= 11 is 0. The second-order valence-corrected chi connectivity index (χ2v) is 6.09. The second-order valence-electron chi connectivity index (χ2n) is 6.09. The Kier molecular flexibility index (Phi) is 5.55. The second kappa shape index (κ2) is 6.98. The van der Waals surface area contributed by atoms with Gasteiger partial charge in [0.15, 0.2) is 0 Å². The van der Waals surface area contributed by atoms with Gasteiger partial charge in [0, 0.05) is 38.9 Å². The number of carbonyl (C=O) groups is 1. The standard InChI is InChI=1S/C15H26O5/c1-19-9-3-5-11(13(16)7-9)15(18)12-6-4-10(20-2)8-14(12)17/h9-14,16-17H,3-8H2,1-2H3. The molecule has 2 saturated carbocycles. The van der Waals surface area contributed by atoms with Gasteiger partial charge in [0.05, 0.1) is 24.4 Å². The number of hydrogen-bond acceptors (Lipinski definition) is 5. The maximum Gasteiger partial charge on any atom is 0.144 e.